The van der Waals surface area contributed by atoms with E-state index >= 15 is 0 Å². The fourth-order valence-electron chi connectivity index (χ4n) is 1.53. The van der Waals surface area contributed by atoms with E-state index in [1.165, 1.54) is 0 Å². The van der Waals surface area contributed by atoms with Crippen LogP contribution in [0.15, 0.2) is 0 Å². The van der Waals surface area contributed by atoms with Crippen LogP contribution in [0.25, 0.3) is 0 Å². The first-order valence-corrected chi connectivity index (χ1v) is 5.15. The Morgan fingerprint density at radius 2 is 2.00 bits per heavy atom. The Labute approximate surface area is 81.3 Å². The van der Waals surface area contributed by atoms with Crippen molar-refractivity contribution in [3.8, 4) is 0 Å². The van der Waals surface area contributed by atoms with Crippen LogP contribution in [-0.2, 0) is 4.74 Å². The third kappa shape index (κ3) is 2.05. The smallest absolute Gasteiger partial charge is 0.0682 e. The molecule has 0 spiro atoms. The number of ether oxygens (including phenoxy) is 1. The van der Waals surface area contributed by atoms with E-state index in [2.05, 4.69) is 34.6 Å². The van der Waals surface area contributed by atoms with Crippen LogP contribution in [0.2, 0.25) is 0 Å². The van der Waals surface area contributed by atoms with Crippen molar-refractivity contribution in [1.82, 2.24) is 0 Å². The van der Waals surface area contributed by atoms with Crippen molar-refractivity contribution in [3.05, 3.63) is 0 Å². The molecule has 2 heteroatoms. The lowest BCUT2D eigenvalue weighted by molar-refractivity contribution is -0.217. The van der Waals surface area contributed by atoms with Crippen LogP contribution in [-0.4, -0.2) is 22.9 Å². The first-order valence-electron chi connectivity index (χ1n) is 5.15. The van der Waals surface area contributed by atoms with E-state index in [1.54, 1.807) is 0 Å². The molecule has 0 heterocycles. The molecule has 2 unspecified atom stereocenters. The van der Waals surface area contributed by atoms with Crippen LogP contribution in [0.1, 0.15) is 47.5 Å². The summed E-state index contributed by atoms with van der Waals surface area (Å²) in [5, 5.41) is 9.54. The molecule has 0 amide bonds. The third-order valence-corrected chi connectivity index (χ3v) is 3.44. The van der Waals surface area contributed by atoms with Gasteiger partial charge in [0.25, 0.3) is 0 Å². The molecule has 0 bridgehead atoms. The Bertz CT molecular complexity index is 185. The van der Waals surface area contributed by atoms with E-state index in [4.69, 9.17) is 4.74 Å². The van der Waals surface area contributed by atoms with Crippen LogP contribution in [0.3, 0.4) is 0 Å². The van der Waals surface area contributed by atoms with Crippen molar-refractivity contribution in [2.45, 2.75) is 65.3 Å². The first kappa shape index (κ1) is 11.0. The summed E-state index contributed by atoms with van der Waals surface area (Å²) in [4.78, 5) is 0. The Kier molecular flexibility index (Phi) is 2.75. The summed E-state index contributed by atoms with van der Waals surface area (Å²) in [6.45, 7) is 10.5. The van der Waals surface area contributed by atoms with Crippen LogP contribution in [0.4, 0.5) is 0 Å². The van der Waals surface area contributed by atoms with Gasteiger partial charge in [-0.1, -0.05) is 20.8 Å². The van der Waals surface area contributed by atoms with Crippen molar-refractivity contribution in [1.29, 1.82) is 0 Å². The van der Waals surface area contributed by atoms with Crippen molar-refractivity contribution < 1.29 is 9.84 Å². The molecule has 0 aliphatic heterocycles. The van der Waals surface area contributed by atoms with Crippen LogP contribution >= 0.6 is 0 Å². The van der Waals surface area contributed by atoms with Crippen LogP contribution in [0, 0.1) is 5.41 Å². The van der Waals surface area contributed by atoms with Gasteiger partial charge >= 0.3 is 0 Å². The average Bonchev–Trinajstić information content (AvgIpc) is 2.04. The number of aliphatic hydroxyl groups is 1. The molecule has 1 aliphatic rings. The van der Waals surface area contributed by atoms with Gasteiger partial charge in [-0.25, -0.2) is 0 Å². The molecule has 1 rings (SSSR count). The van der Waals surface area contributed by atoms with Crippen molar-refractivity contribution in [2.24, 2.45) is 5.41 Å². The van der Waals surface area contributed by atoms with Crippen LogP contribution in [0.5, 0.6) is 0 Å². The topological polar surface area (TPSA) is 29.5 Å². The van der Waals surface area contributed by atoms with Gasteiger partial charge in [-0.3, -0.25) is 0 Å². The Morgan fingerprint density at radius 1 is 1.46 bits per heavy atom. The second kappa shape index (κ2) is 3.25. The van der Waals surface area contributed by atoms with Gasteiger partial charge in [-0.15, -0.1) is 0 Å². The zero-order valence-electron chi connectivity index (χ0n) is 9.42. The molecular weight excluding hydrogens is 164 g/mol. The lowest BCUT2D eigenvalue weighted by Crippen LogP contribution is -2.56. The fraction of sp³-hybridized carbons (Fsp3) is 1.00. The summed E-state index contributed by atoms with van der Waals surface area (Å²) in [5.41, 5.74) is -0.117. The van der Waals surface area contributed by atoms with Gasteiger partial charge in [-0.2, -0.15) is 0 Å². The standard InChI is InChI=1S/C11H22O2/c1-6-10(2,3)13-9-7-8(12)11(9,4)5/h8-9,12H,6-7H2,1-5H3. The molecule has 0 radical (unpaired) electrons. The highest BCUT2D eigenvalue weighted by Gasteiger charge is 2.49. The normalized spacial score (nSPS) is 32.8. The summed E-state index contributed by atoms with van der Waals surface area (Å²) < 4.78 is 5.95. The second-order valence-corrected chi connectivity index (χ2v) is 5.29. The predicted molar refractivity (Wildman–Crippen MR) is 53.6 cm³/mol. The summed E-state index contributed by atoms with van der Waals surface area (Å²) in [6.07, 6.45) is 1.83. The highest BCUT2D eigenvalue weighted by molar-refractivity contribution is 4.99. The monoisotopic (exact) mass is 186 g/mol. The van der Waals surface area contributed by atoms with E-state index in [0.717, 1.165) is 12.8 Å². The van der Waals surface area contributed by atoms with Crippen LogP contribution < -0.4 is 0 Å². The molecule has 2 nitrogen and oxygen atoms in total. The molecule has 0 aromatic carbocycles. The number of aliphatic hydroxyl groups excluding tert-OH is 1. The van der Waals surface area contributed by atoms with Gasteiger partial charge in [0.15, 0.2) is 0 Å². The van der Waals surface area contributed by atoms with E-state index in [9.17, 15) is 5.11 Å². The summed E-state index contributed by atoms with van der Waals surface area (Å²) in [5.74, 6) is 0. The van der Waals surface area contributed by atoms with Gasteiger partial charge in [0.1, 0.15) is 0 Å². The lowest BCUT2D eigenvalue weighted by atomic mass is 9.66. The molecule has 78 valence electrons. The van der Waals surface area contributed by atoms with Gasteiger partial charge in [0.05, 0.1) is 17.8 Å². The number of hydrogen-bond acceptors (Lipinski definition) is 2. The summed E-state index contributed by atoms with van der Waals surface area (Å²) in [7, 11) is 0. The largest absolute Gasteiger partial charge is 0.392 e. The zero-order chi connectivity index (χ0) is 10.3. The Balaban J connectivity index is 2.49. The van der Waals surface area contributed by atoms with Gasteiger partial charge in [0, 0.05) is 11.8 Å². The van der Waals surface area contributed by atoms with Crippen molar-refractivity contribution >= 4 is 0 Å². The third-order valence-electron chi connectivity index (χ3n) is 3.44. The van der Waals surface area contributed by atoms with Gasteiger partial charge < -0.3 is 9.84 Å². The summed E-state index contributed by atoms with van der Waals surface area (Å²) >= 11 is 0. The van der Waals surface area contributed by atoms with Gasteiger partial charge in [-0.05, 0) is 20.3 Å². The average molecular weight is 186 g/mol. The molecule has 1 saturated carbocycles. The lowest BCUT2D eigenvalue weighted by Gasteiger charge is -2.51. The SMILES string of the molecule is CCC(C)(C)OC1CC(O)C1(C)C. The molecule has 13 heavy (non-hydrogen) atoms. The molecule has 0 aromatic heterocycles. The molecule has 1 N–H and O–H groups in total. The number of rotatable bonds is 3. The predicted octanol–water partition coefficient (Wildman–Crippen LogP) is 2.35. The maximum Gasteiger partial charge on any atom is 0.0682 e. The minimum Gasteiger partial charge on any atom is -0.392 e. The Hall–Kier alpha value is -0.0800. The maximum atomic E-state index is 9.54. The molecule has 0 aromatic rings. The Morgan fingerprint density at radius 3 is 2.31 bits per heavy atom. The van der Waals surface area contributed by atoms with E-state index in [1.807, 2.05) is 0 Å². The van der Waals surface area contributed by atoms with Crippen molar-refractivity contribution in [2.75, 3.05) is 0 Å². The molecular formula is C11H22O2. The maximum absolute atomic E-state index is 9.54. The molecule has 1 aliphatic carbocycles. The zero-order valence-corrected chi connectivity index (χ0v) is 9.42. The highest BCUT2D eigenvalue weighted by Crippen LogP contribution is 2.44. The quantitative estimate of drug-likeness (QED) is 0.733. The minimum atomic E-state index is -0.190. The van der Waals surface area contributed by atoms with E-state index in [-0.39, 0.29) is 23.2 Å². The molecule has 1 fully saturated rings. The molecule has 0 saturated heterocycles. The van der Waals surface area contributed by atoms with E-state index < -0.39 is 0 Å². The van der Waals surface area contributed by atoms with E-state index in [0.29, 0.717) is 0 Å². The second-order valence-electron chi connectivity index (χ2n) is 5.29. The minimum absolute atomic E-state index is 0.0535. The van der Waals surface area contributed by atoms with Gasteiger partial charge in [0.2, 0.25) is 0 Å². The number of hydrogen-bond donors (Lipinski definition) is 1. The molecule has 2 atom stereocenters. The fourth-order valence-corrected chi connectivity index (χ4v) is 1.53. The van der Waals surface area contributed by atoms with Crippen molar-refractivity contribution in [3.63, 3.8) is 0 Å². The first-order chi connectivity index (χ1) is 5.79. The summed E-state index contributed by atoms with van der Waals surface area (Å²) in [6, 6.07) is 0. The highest BCUT2D eigenvalue weighted by atomic mass is 16.5.